The normalized spacial score (nSPS) is 10.4. The van der Waals surface area contributed by atoms with E-state index in [4.69, 9.17) is 34.8 Å². The molecule has 0 atom stereocenters. The largest absolute Gasteiger partial charge is 0.326 e. The molecule has 2 rings (SSSR count). The van der Waals surface area contributed by atoms with Crippen molar-refractivity contribution in [3.8, 4) is 0 Å². The first-order valence-electron chi connectivity index (χ1n) is 5.95. The molecule has 0 unspecified atom stereocenters. The Bertz CT molecular complexity index is 656. The van der Waals surface area contributed by atoms with E-state index in [-0.39, 0.29) is 12.3 Å². The summed E-state index contributed by atoms with van der Waals surface area (Å²) < 4.78 is 0. The smallest absolute Gasteiger partial charge is 0.228 e. The van der Waals surface area contributed by atoms with Crippen molar-refractivity contribution in [3.05, 3.63) is 62.6 Å². The summed E-state index contributed by atoms with van der Waals surface area (Å²) in [7, 11) is 0. The summed E-state index contributed by atoms with van der Waals surface area (Å²) in [5.41, 5.74) is 2.47. The molecule has 0 bridgehead atoms. The molecule has 0 radical (unpaired) electrons. The van der Waals surface area contributed by atoms with Crippen LogP contribution >= 0.6 is 34.8 Å². The highest BCUT2D eigenvalue weighted by atomic mass is 35.5. The van der Waals surface area contributed by atoms with Crippen LogP contribution in [0.5, 0.6) is 0 Å². The van der Waals surface area contributed by atoms with Crippen molar-refractivity contribution < 1.29 is 4.79 Å². The molecular weight excluding hydrogens is 317 g/mol. The summed E-state index contributed by atoms with van der Waals surface area (Å²) >= 11 is 17.6. The maximum atomic E-state index is 12.0. The van der Waals surface area contributed by atoms with Gasteiger partial charge in [-0.05, 0) is 48.4 Å². The Morgan fingerprint density at radius 3 is 2.45 bits per heavy atom. The molecule has 2 nitrogen and oxygen atoms in total. The second-order valence-corrected chi connectivity index (χ2v) is 5.68. The molecule has 0 aliphatic carbocycles. The Morgan fingerprint density at radius 2 is 1.80 bits per heavy atom. The monoisotopic (exact) mass is 327 g/mol. The van der Waals surface area contributed by atoms with Gasteiger partial charge in [-0.3, -0.25) is 4.79 Å². The van der Waals surface area contributed by atoms with Crippen molar-refractivity contribution in [1.29, 1.82) is 0 Å². The van der Waals surface area contributed by atoms with E-state index in [9.17, 15) is 4.79 Å². The number of nitrogens with one attached hydrogen (secondary N) is 1. The number of hydrogen-bond acceptors (Lipinski definition) is 1. The van der Waals surface area contributed by atoms with E-state index in [1.54, 1.807) is 36.4 Å². The predicted molar refractivity (Wildman–Crippen MR) is 85.0 cm³/mol. The fourth-order valence-corrected chi connectivity index (χ4v) is 2.34. The second kappa shape index (κ2) is 6.49. The standard InChI is InChI=1S/C15H12Cl3NO/c1-9-6-11(16)3-5-14(9)19-15(20)8-10-2-4-12(17)13(18)7-10/h2-7H,8H2,1H3,(H,19,20). The molecule has 0 spiro atoms. The number of hydrogen-bond donors (Lipinski definition) is 1. The van der Waals surface area contributed by atoms with Gasteiger partial charge in [0.05, 0.1) is 16.5 Å². The number of amides is 1. The lowest BCUT2D eigenvalue weighted by Gasteiger charge is -2.09. The summed E-state index contributed by atoms with van der Waals surface area (Å²) in [5.74, 6) is -0.117. The van der Waals surface area contributed by atoms with Gasteiger partial charge in [-0.1, -0.05) is 40.9 Å². The van der Waals surface area contributed by atoms with Gasteiger partial charge >= 0.3 is 0 Å². The van der Waals surface area contributed by atoms with Gasteiger partial charge in [-0.25, -0.2) is 0 Å². The number of halogens is 3. The molecule has 2 aromatic carbocycles. The van der Waals surface area contributed by atoms with Crippen molar-refractivity contribution >= 4 is 46.4 Å². The lowest BCUT2D eigenvalue weighted by molar-refractivity contribution is -0.115. The van der Waals surface area contributed by atoms with Gasteiger partial charge in [0, 0.05) is 10.7 Å². The zero-order valence-corrected chi connectivity index (χ0v) is 13.0. The molecule has 104 valence electrons. The molecule has 0 heterocycles. The van der Waals surface area contributed by atoms with Gasteiger partial charge in [0.15, 0.2) is 0 Å². The van der Waals surface area contributed by atoms with Crippen LogP contribution in [0.25, 0.3) is 0 Å². The maximum absolute atomic E-state index is 12.0. The van der Waals surface area contributed by atoms with Gasteiger partial charge in [-0.15, -0.1) is 0 Å². The van der Waals surface area contributed by atoms with Crippen molar-refractivity contribution in [1.82, 2.24) is 0 Å². The van der Waals surface area contributed by atoms with Crippen molar-refractivity contribution in [2.24, 2.45) is 0 Å². The fourth-order valence-electron chi connectivity index (χ4n) is 1.80. The van der Waals surface area contributed by atoms with Crippen molar-refractivity contribution in [3.63, 3.8) is 0 Å². The van der Waals surface area contributed by atoms with Crippen LogP contribution < -0.4 is 5.32 Å². The molecule has 1 N–H and O–H groups in total. The number of carbonyl (C=O) groups is 1. The Hall–Kier alpha value is -1.22. The average Bonchev–Trinajstić information content (AvgIpc) is 2.37. The molecule has 0 aromatic heterocycles. The molecular formula is C15H12Cl3NO. The van der Waals surface area contributed by atoms with Crippen LogP contribution in [0.3, 0.4) is 0 Å². The molecule has 1 amide bonds. The lowest BCUT2D eigenvalue weighted by Crippen LogP contribution is -2.15. The predicted octanol–water partition coefficient (Wildman–Crippen LogP) is 5.14. The highest BCUT2D eigenvalue weighted by molar-refractivity contribution is 6.42. The van der Waals surface area contributed by atoms with E-state index < -0.39 is 0 Å². The summed E-state index contributed by atoms with van der Waals surface area (Å²) in [6.45, 7) is 1.89. The summed E-state index contributed by atoms with van der Waals surface area (Å²) in [4.78, 5) is 12.0. The summed E-state index contributed by atoms with van der Waals surface area (Å²) in [5, 5.41) is 4.41. The Labute approximate surface area is 132 Å². The van der Waals surface area contributed by atoms with Crippen LogP contribution in [0.1, 0.15) is 11.1 Å². The molecule has 2 aromatic rings. The van der Waals surface area contributed by atoms with Gasteiger partial charge in [0.1, 0.15) is 0 Å². The third kappa shape index (κ3) is 3.89. The van der Waals surface area contributed by atoms with Crippen LogP contribution in [-0.4, -0.2) is 5.91 Å². The van der Waals surface area contributed by atoms with Gasteiger partial charge in [0.25, 0.3) is 0 Å². The maximum Gasteiger partial charge on any atom is 0.228 e. The van der Waals surface area contributed by atoms with Crippen molar-refractivity contribution in [2.45, 2.75) is 13.3 Å². The minimum atomic E-state index is -0.117. The number of carbonyl (C=O) groups excluding carboxylic acids is 1. The number of rotatable bonds is 3. The minimum Gasteiger partial charge on any atom is -0.326 e. The third-order valence-electron chi connectivity index (χ3n) is 2.81. The third-order valence-corrected chi connectivity index (χ3v) is 3.79. The van der Waals surface area contributed by atoms with Gasteiger partial charge in [-0.2, -0.15) is 0 Å². The summed E-state index contributed by atoms with van der Waals surface area (Å²) in [6.07, 6.45) is 0.235. The van der Waals surface area contributed by atoms with Crippen LogP contribution in [-0.2, 0) is 11.2 Å². The quantitative estimate of drug-likeness (QED) is 0.830. The summed E-state index contributed by atoms with van der Waals surface area (Å²) in [6, 6.07) is 10.5. The SMILES string of the molecule is Cc1cc(Cl)ccc1NC(=O)Cc1ccc(Cl)c(Cl)c1. The van der Waals surface area contributed by atoms with Gasteiger partial charge < -0.3 is 5.32 Å². The minimum absolute atomic E-state index is 0.117. The van der Waals surface area contributed by atoms with E-state index in [1.807, 2.05) is 6.92 Å². The van der Waals surface area contributed by atoms with E-state index in [0.717, 1.165) is 16.8 Å². The van der Waals surface area contributed by atoms with Crippen molar-refractivity contribution in [2.75, 3.05) is 5.32 Å². The zero-order chi connectivity index (χ0) is 14.7. The molecule has 0 fully saturated rings. The molecule has 5 heteroatoms. The van der Waals surface area contributed by atoms with Crippen LogP contribution in [0.15, 0.2) is 36.4 Å². The van der Waals surface area contributed by atoms with E-state index in [2.05, 4.69) is 5.32 Å². The molecule has 0 aliphatic rings. The first-order valence-corrected chi connectivity index (χ1v) is 7.09. The molecule has 0 aliphatic heterocycles. The topological polar surface area (TPSA) is 29.1 Å². The highest BCUT2D eigenvalue weighted by Crippen LogP contribution is 2.23. The Morgan fingerprint density at radius 1 is 1.05 bits per heavy atom. The van der Waals surface area contributed by atoms with Crippen LogP contribution in [0.2, 0.25) is 15.1 Å². The molecule has 0 saturated carbocycles. The first-order chi connectivity index (χ1) is 9.45. The lowest BCUT2D eigenvalue weighted by atomic mass is 10.1. The van der Waals surface area contributed by atoms with Crippen LogP contribution in [0.4, 0.5) is 5.69 Å². The fraction of sp³-hybridized carbons (Fsp3) is 0.133. The Kier molecular flexibility index (Phi) is 4.92. The number of anilines is 1. The van der Waals surface area contributed by atoms with Gasteiger partial charge in [0.2, 0.25) is 5.91 Å². The molecule has 0 saturated heterocycles. The Balaban J connectivity index is 2.07. The van der Waals surface area contributed by atoms with E-state index >= 15 is 0 Å². The van der Waals surface area contributed by atoms with E-state index in [1.165, 1.54) is 0 Å². The average molecular weight is 329 g/mol. The first kappa shape index (κ1) is 15.2. The molecule has 20 heavy (non-hydrogen) atoms. The highest BCUT2D eigenvalue weighted by Gasteiger charge is 2.08. The number of benzene rings is 2. The van der Waals surface area contributed by atoms with E-state index in [0.29, 0.717) is 15.1 Å². The second-order valence-electron chi connectivity index (χ2n) is 4.43. The zero-order valence-electron chi connectivity index (χ0n) is 10.7. The van der Waals surface area contributed by atoms with Crippen LogP contribution in [0, 0.1) is 6.92 Å². The number of aryl methyl sites for hydroxylation is 1.